The molecule has 0 heterocycles. The largest absolute Gasteiger partial charge is 0.468 e. The molecule has 0 saturated heterocycles. The molecule has 0 aliphatic heterocycles. The molecule has 6 nitrogen and oxygen atoms in total. The number of esters is 1. The third kappa shape index (κ3) is 3.77. The van der Waals surface area contributed by atoms with Crippen LogP contribution in [0.1, 0.15) is 0 Å². The maximum absolute atomic E-state index is 11.9. The van der Waals surface area contributed by atoms with E-state index in [0.717, 1.165) is 7.11 Å². The molecule has 0 amide bonds. The summed E-state index contributed by atoms with van der Waals surface area (Å²) in [6.07, 6.45) is 0. The summed E-state index contributed by atoms with van der Waals surface area (Å²) in [5, 5.41) is 8.96. The van der Waals surface area contributed by atoms with E-state index in [0.29, 0.717) is 4.47 Å². The normalized spacial score (nSPS) is 13.1. The average molecular weight is 338 g/mol. The molecule has 1 atom stereocenters. The molecule has 2 N–H and O–H groups in total. The summed E-state index contributed by atoms with van der Waals surface area (Å²) in [6, 6.07) is 4.65. The van der Waals surface area contributed by atoms with Crippen molar-refractivity contribution in [2.75, 3.05) is 13.7 Å². The molecular weight excluding hydrogens is 326 g/mol. The van der Waals surface area contributed by atoms with Crippen LogP contribution in [0.3, 0.4) is 0 Å². The van der Waals surface area contributed by atoms with Crippen LogP contribution in [-0.2, 0) is 19.6 Å². The van der Waals surface area contributed by atoms with E-state index in [9.17, 15) is 13.2 Å². The summed E-state index contributed by atoms with van der Waals surface area (Å²) in [5.41, 5.74) is 0. The van der Waals surface area contributed by atoms with Gasteiger partial charge in [-0.25, -0.2) is 8.42 Å². The van der Waals surface area contributed by atoms with E-state index in [4.69, 9.17) is 5.11 Å². The van der Waals surface area contributed by atoms with Crippen LogP contribution in [0.4, 0.5) is 0 Å². The first-order valence-electron chi connectivity index (χ1n) is 4.87. The summed E-state index contributed by atoms with van der Waals surface area (Å²) >= 11 is 3.15. The van der Waals surface area contributed by atoms with Crippen molar-refractivity contribution in [2.24, 2.45) is 0 Å². The Hall–Kier alpha value is -0.960. The third-order valence-corrected chi connectivity index (χ3v) is 4.03. The van der Waals surface area contributed by atoms with Gasteiger partial charge in [0.1, 0.15) is 6.04 Å². The minimum Gasteiger partial charge on any atom is -0.468 e. The van der Waals surface area contributed by atoms with Gasteiger partial charge in [0.05, 0.1) is 18.6 Å². The van der Waals surface area contributed by atoms with Crippen molar-refractivity contribution in [2.45, 2.75) is 10.9 Å². The third-order valence-electron chi connectivity index (χ3n) is 2.07. The zero-order valence-corrected chi connectivity index (χ0v) is 11.9. The maximum atomic E-state index is 11.9. The van der Waals surface area contributed by atoms with E-state index in [1.807, 2.05) is 0 Å². The first-order chi connectivity index (χ1) is 8.40. The highest BCUT2D eigenvalue weighted by Gasteiger charge is 2.25. The van der Waals surface area contributed by atoms with Crippen LogP contribution in [0.5, 0.6) is 0 Å². The lowest BCUT2D eigenvalue weighted by molar-refractivity contribution is -0.143. The van der Waals surface area contributed by atoms with Crippen LogP contribution >= 0.6 is 15.9 Å². The van der Waals surface area contributed by atoms with E-state index in [1.165, 1.54) is 12.1 Å². The van der Waals surface area contributed by atoms with Gasteiger partial charge < -0.3 is 9.84 Å². The Morgan fingerprint density at radius 3 is 2.72 bits per heavy atom. The Balaban J connectivity index is 2.97. The molecule has 0 spiro atoms. The number of hydrogen-bond acceptors (Lipinski definition) is 5. The SMILES string of the molecule is COC(=O)C(CO)NS(=O)(=O)c1cccc(Br)c1. The van der Waals surface area contributed by atoms with Crippen LogP contribution in [0.2, 0.25) is 0 Å². The van der Waals surface area contributed by atoms with Gasteiger partial charge in [0.15, 0.2) is 0 Å². The second-order valence-corrected chi connectivity index (χ2v) is 5.97. The van der Waals surface area contributed by atoms with Crippen molar-refractivity contribution < 1.29 is 23.1 Å². The predicted octanol–water partition coefficient (Wildman–Crippen LogP) is 0.261. The number of halogens is 1. The number of methoxy groups -OCH3 is 1. The smallest absolute Gasteiger partial charge is 0.326 e. The Labute approximate surface area is 113 Å². The monoisotopic (exact) mass is 337 g/mol. The lowest BCUT2D eigenvalue weighted by Crippen LogP contribution is -2.43. The summed E-state index contributed by atoms with van der Waals surface area (Å²) in [6.45, 7) is -0.681. The van der Waals surface area contributed by atoms with E-state index < -0.39 is 28.6 Å². The van der Waals surface area contributed by atoms with E-state index >= 15 is 0 Å². The Morgan fingerprint density at radius 1 is 1.56 bits per heavy atom. The highest BCUT2D eigenvalue weighted by Crippen LogP contribution is 2.16. The van der Waals surface area contributed by atoms with Crippen molar-refractivity contribution >= 4 is 31.9 Å². The van der Waals surface area contributed by atoms with Gasteiger partial charge in [-0.1, -0.05) is 22.0 Å². The van der Waals surface area contributed by atoms with Crippen LogP contribution in [-0.4, -0.2) is 39.3 Å². The predicted molar refractivity (Wildman–Crippen MR) is 67.4 cm³/mol. The summed E-state index contributed by atoms with van der Waals surface area (Å²) in [5.74, 6) is -0.851. The van der Waals surface area contributed by atoms with Crippen molar-refractivity contribution in [1.29, 1.82) is 0 Å². The minimum absolute atomic E-state index is 0.0146. The first-order valence-corrected chi connectivity index (χ1v) is 7.15. The summed E-state index contributed by atoms with van der Waals surface area (Å²) in [7, 11) is -2.78. The molecule has 0 bridgehead atoms. The fourth-order valence-electron chi connectivity index (χ4n) is 1.19. The van der Waals surface area contributed by atoms with Gasteiger partial charge in [0.25, 0.3) is 0 Å². The topological polar surface area (TPSA) is 92.7 Å². The quantitative estimate of drug-likeness (QED) is 0.752. The van der Waals surface area contributed by atoms with Crippen molar-refractivity contribution in [3.63, 3.8) is 0 Å². The van der Waals surface area contributed by atoms with Crippen LogP contribution in [0.25, 0.3) is 0 Å². The first kappa shape index (κ1) is 15.1. The van der Waals surface area contributed by atoms with Gasteiger partial charge in [-0.2, -0.15) is 4.72 Å². The van der Waals surface area contributed by atoms with E-state index in [2.05, 4.69) is 25.4 Å². The van der Waals surface area contributed by atoms with Gasteiger partial charge in [-0.15, -0.1) is 0 Å². The summed E-state index contributed by atoms with van der Waals surface area (Å²) in [4.78, 5) is 11.2. The fourth-order valence-corrected chi connectivity index (χ4v) is 2.96. The molecule has 1 rings (SSSR count). The van der Waals surface area contributed by atoms with Crippen molar-refractivity contribution in [3.05, 3.63) is 28.7 Å². The number of hydrogen-bond donors (Lipinski definition) is 2. The zero-order chi connectivity index (χ0) is 13.8. The molecule has 18 heavy (non-hydrogen) atoms. The summed E-state index contributed by atoms with van der Waals surface area (Å²) < 4.78 is 30.9. The molecule has 1 aromatic rings. The van der Waals surface area contributed by atoms with E-state index in [1.54, 1.807) is 12.1 Å². The average Bonchev–Trinajstić information content (AvgIpc) is 2.35. The van der Waals surface area contributed by atoms with Gasteiger partial charge in [0, 0.05) is 4.47 Å². The molecule has 8 heteroatoms. The number of nitrogens with one attached hydrogen (secondary N) is 1. The molecule has 0 radical (unpaired) electrons. The molecule has 0 fully saturated rings. The number of carbonyl (C=O) groups excluding carboxylic acids is 1. The second kappa shape index (κ2) is 6.28. The molecule has 0 saturated carbocycles. The Bertz CT molecular complexity index is 531. The molecule has 1 aromatic carbocycles. The Kier molecular flexibility index (Phi) is 5.27. The van der Waals surface area contributed by atoms with Gasteiger partial charge >= 0.3 is 5.97 Å². The maximum Gasteiger partial charge on any atom is 0.326 e. The standard InChI is InChI=1S/C10H12BrNO5S/c1-17-10(14)9(6-13)12-18(15,16)8-4-2-3-7(11)5-8/h2-5,9,12-13H,6H2,1H3. The van der Waals surface area contributed by atoms with Crippen LogP contribution < -0.4 is 4.72 Å². The number of ether oxygens (including phenoxy) is 1. The van der Waals surface area contributed by atoms with E-state index in [-0.39, 0.29) is 4.90 Å². The number of aliphatic hydroxyl groups excluding tert-OH is 1. The van der Waals surface area contributed by atoms with Gasteiger partial charge in [-0.05, 0) is 18.2 Å². The highest BCUT2D eigenvalue weighted by molar-refractivity contribution is 9.10. The highest BCUT2D eigenvalue weighted by atomic mass is 79.9. The van der Waals surface area contributed by atoms with Crippen LogP contribution in [0.15, 0.2) is 33.6 Å². The molecule has 0 aromatic heterocycles. The molecule has 0 aliphatic rings. The minimum atomic E-state index is -3.89. The number of aliphatic hydroxyl groups is 1. The van der Waals surface area contributed by atoms with Gasteiger partial charge in [-0.3, -0.25) is 4.79 Å². The molecular formula is C10H12BrNO5S. The van der Waals surface area contributed by atoms with Crippen LogP contribution in [0, 0.1) is 0 Å². The number of rotatable bonds is 5. The Morgan fingerprint density at radius 2 is 2.22 bits per heavy atom. The van der Waals surface area contributed by atoms with Gasteiger partial charge in [0.2, 0.25) is 10.0 Å². The molecule has 1 unspecified atom stereocenters. The molecule has 100 valence electrons. The number of sulfonamides is 1. The van der Waals surface area contributed by atoms with Crippen molar-refractivity contribution in [3.8, 4) is 0 Å². The fraction of sp³-hybridized carbons (Fsp3) is 0.300. The lowest BCUT2D eigenvalue weighted by Gasteiger charge is -2.14. The number of carbonyl (C=O) groups is 1. The zero-order valence-electron chi connectivity index (χ0n) is 9.46. The lowest BCUT2D eigenvalue weighted by atomic mass is 10.3. The van der Waals surface area contributed by atoms with Crippen molar-refractivity contribution in [1.82, 2.24) is 4.72 Å². The molecule has 0 aliphatic carbocycles. The second-order valence-electron chi connectivity index (χ2n) is 3.34. The number of benzene rings is 1.